The average Bonchev–Trinajstić information content (AvgIpc) is 3.33. The van der Waals surface area contributed by atoms with Gasteiger partial charge < -0.3 is 20.1 Å². The second kappa shape index (κ2) is 11.1. The van der Waals surface area contributed by atoms with Gasteiger partial charge in [0.15, 0.2) is 0 Å². The van der Waals surface area contributed by atoms with Crippen molar-refractivity contribution in [1.82, 2.24) is 34.7 Å². The highest BCUT2D eigenvalue weighted by Crippen LogP contribution is 2.28. The number of imidazole rings is 1. The highest BCUT2D eigenvalue weighted by molar-refractivity contribution is 5.83. The van der Waals surface area contributed by atoms with Crippen molar-refractivity contribution in [3.63, 3.8) is 0 Å². The Hall–Kier alpha value is -4.26. The summed E-state index contributed by atoms with van der Waals surface area (Å²) >= 11 is 0. The van der Waals surface area contributed by atoms with Gasteiger partial charge in [-0.25, -0.2) is 19.9 Å². The molecule has 0 saturated carbocycles. The zero-order valence-corrected chi connectivity index (χ0v) is 22.4. The van der Waals surface area contributed by atoms with E-state index in [4.69, 9.17) is 0 Å². The summed E-state index contributed by atoms with van der Waals surface area (Å²) in [6.07, 6.45) is -2.66. The van der Waals surface area contributed by atoms with Crippen molar-refractivity contribution in [2.75, 3.05) is 50.5 Å². The minimum Gasteiger partial charge on any atom is -0.363 e. The number of carbonyl (C=O) groups excluding carboxylic acids is 1. The van der Waals surface area contributed by atoms with Crippen LogP contribution in [0.25, 0.3) is 22.3 Å². The number of piperazine rings is 1. The quantitative estimate of drug-likeness (QED) is 0.347. The standard InChI is InChI=1S/C27H30F3N9O/c1-17(38-8-10-39(11-9-38)25(40)15-27(28,29)30)18-6-7-31-23(13-18)36-26-34-20-5-4-19(12-22(20)35-26)21-14-24(37(2)3)33-16-32-21/h4-7,12-14,16-17H,8-11,15H2,1-3H3,(H2,31,34,35,36)/t17-/m1/s1. The molecule has 0 aliphatic carbocycles. The molecule has 1 aliphatic heterocycles. The van der Waals surface area contributed by atoms with Crippen molar-refractivity contribution >= 4 is 34.5 Å². The fourth-order valence-electron chi connectivity index (χ4n) is 4.73. The zero-order chi connectivity index (χ0) is 28.4. The van der Waals surface area contributed by atoms with E-state index in [1.165, 1.54) is 4.90 Å². The van der Waals surface area contributed by atoms with Crippen molar-refractivity contribution in [2.45, 2.75) is 25.6 Å². The van der Waals surface area contributed by atoms with Crippen molar-refractivity contribution in [1.29, 1.82) is 0 Å². The van der Waals surface area contributed by atoms with Crippen molar-refractivity contribution < 1.29 is 18.0 Å². The van der Waals surface area contributed by atoms with Gasteiger partial charge in [0.2, 0.25) is 11.9 Å². The Morgan fingerprint density at radius 1 is 1.07 bits per heavy atom. The normalized spacial score (nSPS) is 15.3. The lowest BCUT2D eigenvalue weighted by atomic mass is 10.1. The molecule has 4 aromatic rings. The van der Waals surface area contributed by atoms with E-state index in [1.807, 2.05) is 62.3 Å². The Bertz CT molecular complexity index is 1500. The van der Waals surface area contributed by atoms with E-state index < -0.39 is 18.5 Å². The molecule has 1 amide bonds. The number of hydrogen-bond donors (Lipinski definition) is 2. The molecule has 210 valence electrons. The second-order valence-electron chi connectivity index (χ2n) is 9.96. The van der Waals surface area contributed by atoms with Gasteiger partial charge in [-0.2, -0.15) is 13.2 Å². The summed E-state index contributed by atoms with van der Waals surface area (Å²) < 4.78 is 37.8. The molecule has 0 unspecified atom stereocenters. The topological polar surface area (TPSA) is 106 Å². The Labute approximate surface area is 229 Å². The maximum atomic E-state index is 12.6. The number of H-pyrrole nitrogens is 1. The molecule has 1 aromatic carbocycles. The fourth-order valence-corrected chi connectivity index (χ4v) is 4.73. The molecule has 5 rings (SSSR count). The largest absolute Gasteiger partial charge is 0.397 e. The lowest BCUT2D eigenvalue weighted by Gasteiger charge is -2.38. The maximum absolute atomic E-state index is 12.6. The number of carbonyl (C=O) groups is 1. The van der Waals surface area contributed by atoms with Crippen LogP contribution < -0.4 is 10.2 Å². The molecular formula is C27H30F3N9O. The third-order valence-electron chi connectivity index (χ3n) is 6.97. The number of halogens is 3. The van der Waals surface area contributed by atoms with Crippen LogP contribution in [0.1, 0.15) is 24.9 Å². The van der Waals surface area contributed by atoms with Crippen LogP contribution in [0, 0.1) is 0 Å². The number of nitrogens with one attached hydrogen (secondary N) is 2. The second-order valence-corrected chi connectivity index (χ2v) is 9.96. The van der Waals surface area contributed by atoms with Gasteiger partial charge in [-0.15, -0.1) is 0 Å². The monoisotopic (exact) mass is 553 g/mol. The van der Waals surface area contributed by atoms with Crippen LogP contribution in [-0.2, 0) is 4.79 Å². The first-order valence-electron chi connectivity index (χ1n) is 12.9. The van der Waals surface area contributed by atoms with Crippen molar-refractivity contribution in [3.8, 4) is 11.3 Å². The number of hydrogen-bond acceptors (Lipinski definition) is 8. The van der Waals surface area contributed by atoms with E-state index in [0.29, 0.717) is 24.9 Å². The average molecular weight is 554 g/mol. The predicted molar refractivity (Wildman–Crippen MR) is 146 cm³/mol. The lowest BCUT2D eigenvalue weighted by Crippen LogP contribution is -2.50. The van der Waals surface area contributed by atoms with Gasteiger partial charge in [-0.3, -0.25) is 9.69 Å². The van der Waals surface area contributed by atoms with Crippen LogP contribution in [0.3, 0.4) is 0 Å². The van der Waals surface area contributed by atoms with Crippen LogP contribution in [0.15, 0.2) is 48.9 Å². The summed E-state index contributed by atoms with van der Waals surface area (Å²) in [6.45, 7) is 3.54. The summed E-state index contributed by atoms with van der Waals surface area (Å²) in [5.41, 5.74) is 4.36. The first kappa shape index (κ1) is 27.3. The van der Waals surface area contributed by atoms with Crippen LogP contribution in [0.5, 0.6) is 0 Å². The number of amides is 1. The summed E-state index contributed by atoms with van der Waals surface area (Å²) in [4.78, 5) is 38.3. The molecule has 3 aromatic heterocycles. The Kier molecular flexibility index (Phi) is 7.57. The minimum atomic E-state index is -4.49. The minimum absolute atomic E-state index is 0.0124. The molecule has 4 heterocycles. The van der Waals surface area contributed by atoms with Crippen LogP contribution in [0.2, 0.25) is 0 Å². The van der Waals surface area contributed by atoms with Gasteiger partial charge in [-0.1, -0.05) is 6.07 Å². The molecule has 1 saturated heterocycles. The third kappa shape index (κ3) is 6.30. The Morgan fingerprint density at radius 3 is 2.58 bits per heavy atom. The first-order chi connectivity index (χ1) is 19.1. The molecule has 10 nitrogen and oxygen atoms in total. The van der Waals surface area contributed by atoms with E-state index >= 15 is 0 Å². The SMILES string of the molecule is C[C@H](c1ccnc(Nc2nc3ccc(-c4cc(N(C)C)ncn4)cc3[nH]2)c1)N1CCN(C(=O)CC(F)(F)F)CC1. The van der Waals surface area contributed by atoms with E-state index in [2.05, 4.69) is 35.1 Å². The van der Waals surface area contributed by atoms with Gasteiger partial charge in [0.1, 0.15) is 24.4 Å². The van der Waals surface area contributed by atoms with Gasteiger partial charge >= 0.3 is 6.18 Å². The van der Waals surface area contributed by atoms with Gasteiger partial charge in [0.25, 0.3) is 0 Å². The summed E-state index contributed by atoms with van der Waals surface area (Å²) in [7, 11) is 3.85. The number of aromatic nitrogens is 5. The molecule has 13 heteroatoms. The molecule has 1 fully saturated rings. The molecule has 2 N–H and O–H groups in total. The number of aromatic amines is 1. The lowest BCUT2D eigenvalue weighted by molar-refractivity contribution is -0.162. The molecular weight excluding hydrogens is 523 g/mol. The van der Waals surface area contributed by atoms with E-state index in [9.17, 15) is 18.0 Å². The van der Waals surface area contributed by atoms with E-state index in [-0.39, 0.29) is 19.1 Å². The van der Waals surface area contributed by atoms with Crippen molar-refractivity contribution in [3.05, 3.63) is 54.5 Å². The van der Waals surface area contributed by atoms with Crippen LogP contribution >= 0.6 is 0 Å². The smallest absolute Gasteiger partial charge is 0.363 e. The van der Waals surface area contributed by atoms with Crippen LogP contribution in [-0.4, -0.2) is 87.1 Å². The number of benzene rings is 1. The molecule has 0 spiro atoms. The molecule has 40 heavy (non-hydrogen) atoms. The number of anilines is 3. The van der Waals surface area contributed by atoms with E-state index in [1.54, 1.807) is 12.5 Å². The predicted octanol–water partition coefficient (Wildman–Crippen LogP) is 4.38. The summed E-state index contributed by atoms with van der Waals surface area (Å²) in [5, 5.41) is 3.23. The number of nitrogens with zero attached hydrogens (tertiary/aromatic N) is 7. The number of alkyl halides is 3. The fraction of sp³-hybridized carbons (Fsp3) is 0.370. The maximum Gasteiger partial charge on any atom is 0.397 e. The summed E-state index contributed by atoms with van der Waals surface area (Å²) in [6, 6.07) is 11.6. The first-order valence-corrected chi connectivity index (χ1v) is 12.9. The zero-order valence-electron chi connectivity index (χ0n) is 22.4. The molecule has 0 radical (unpaired) electrons. The highest BCUT2D eigenvalue weighted by atomic mass is 19.4. The van der Waals surface area contributed by atoms with E-state index in [0.717, 1.165) is 33.7 Å². The third-order valence-corrected chi connectivity index (χ3v) is 6.97. The van der Waals surface area contributed by atoms with Crippen LogP contribution in [0.4, 0.5) is 30.8 Å². The van der Waals surface area contributed by atoms with Crippen molar-refractivity contribution in [2.24, 2.45) is 0 Å². The Morgan fingerprint density at radius 2 is 1.85 bits per heavy atom. The molecule has 1 aliphatic rings. The van der Waals surface area contributed by atoms with Gasteiger partial charge in [0.05, 0.1) is 16.7 Å². The van der Waals surface area contributed by atoms with Gasteiger partial charge in [0, 0.05) is 64.1 Å². The number of fused-ring (bicyclic) bond motifs is 1. The highest BCUT2D eigenvalue weighted by Gasteiger charge is 2.35. The summed E-state index contributed by atoms with van der Waals surface area (Å²) in [5.74, 6) is 1.09. The molecule has 1 atom stereocenters. The molecule has 0 bridgehead atoms. The van der Waals surface area contributed by atoms with Gasteiger partial charge in [-0.05, 0) is 36.8 Å². The number of pyridine rings is 1. The number of rotatable bonds is 7. The Balaban J connectivity index is 1.25.